The summed E-state index contributed by atoms with van der Waals surface area (Å²) in [6.07, 6.45) is -0.614. The highest BCUT2D eigenvalue weighted by Crippen LogP contribution is 2.22. The van der Waals surface area contributed by atoms with Crippen molar-refractivity contribution in [2.24, 2.45) is 5.41 Å². The molecule has 0 bridgehead atoms. The Hall–Kier alpha value is -4.44. The summed E-state index contributed by atoms with van der Waals surface area (Å²) in [4.78, 5) is 41.7. The SMILES string of the molecule is COC(=O)N[C@H](C(=O)N[C@@H](Cc1ccc(-c2ccc(C)cn2)cc1)[C@@H](O)C[C@H](Cc1ccccc1)NC(=O)O)C(C)(C)C. The van der Waals surface area contributed by atoms with Gasteiger partial charge in [0.25, 0.3) is 0 Å². The molecule has 3 aromatic rings. The topological polar surface area (TPSA) is 150 Å². The number of nitrogens with zero attached hydrogens (tertiary/aromatic N) is 1. The number of hydrogen-bond donors (Lipinski definition) is 5. The van der Waals surface area contributed by atoms with Crippen molar-refractivity contribution in [3.63, 3.8) is 0 Å². The van der Waals surface area contributed by atoms with Gasteiger partial charge in [-0.05, 0) is 54.4 Å². The van der Waals surface area contributed by atoms with Crippen LogP contribution in [0.15, 0.2) is 72.9 Å². The summed E-state index contributed by atoms with van der Waals surface area (Å²) < 4.78 is 4.73. The molecule has 0 saturated carbocycles. The van der Waals surface area contributed by atoms with Crippen LogP contribution in [0.1, 0.15) is 43.9 Å². The molecule has 3 rings (SSSR count). The number of carboxylic acid groups (broad SMARTS) is 1. The Balaban J connectivity index is 1.87. The number of amides is 3. The molecule has 0 spiro atoms. The maximum atomic E-state index is 13.6. The molecule has 5 N–H and O–H groups in total. The lowest BCUT2D eigenvalue weighted by Crippen LogP contribution is -2.58. The van der Waals surface area contributed by atoms with Crippen LogP contribution in [0.5, 0.6) is 0 Å². The lowest BCUT2D eigenvalue weighted by Gasteiger charge is -2.33. The maximum Gasteiger partial charge on any atom is 0.407 e. The van der Waals surface area contributed by atoms with E-state index in [2.05, 4.69) is 20.9 Å². The van der Waals surface area contributed by atoms with Crippen LogP contribution in [0.4, 0.5) is 9.59 Å². The van der Waals surface area contributed by atoms with E-state index < -0.39 is 47.7 Å². The number of aromatic nitrogens is 1. The van der Waals surface area contributed by atoms with Gasteiger partial charge in [-0.1, -0.05) is 81.4 Å². The molecule has 0 saturated heterocycles. The molecule has 0 aliphatic carbocycles. The van der Waals surface area contributed by atoms with Crippen LogP contribution in [0.25, 0.3) is 11.3 Å². The van der Waals surface area contributed by atoms with Gasteiger partial charge in [-0.3, -0.25) is 9.78 Å². The summed E-state index contributed by atoms with van der Waals surface area (Å²) in [5.74, 6) is -0.492. The van der Waals surface area contributed by atoms with Crippen LogP contribution in [-0.4, -0.2) is 64.6 Å². The van der Waals surface area contributed by atoms with E-state index in [0.29, 0.717) is 6.42 Å². The highest BCUT2D eigenvalue weighted by Gasteiger charge is 2.36. The first-order chi connectivity index (χ1) is 20.3. The molecule has 0 aliphatic heterocycles. The average Bonchev–Trinajstić information content (AvgIpc) is 2.95. The Morgan fingerprint density at radius 3 is 2.09 bits per heavy atom. The minimum Gasteiger partial charge on any atom is -0.465 e. The molecule has 0 radical (unpaired) electrons. The van der Waals surface area contributed by atoms with Crippen LogP contribution in [0.3, 0.4) is 0 Å². The normalized spacial score (nSPS) is 14.1. The first kappa shape index (κ1) is 33.1. The zero-order valence-electron chi connectivity index (χ0n) is 25.3. The third kappa shape index (κ3) is 10.4. The predicted molar refractivity (Wildman–Crippen MR) is 165 cm³/mol. The molecule has 2 aromatic carbocycles. The second-order valence-corrected chi connectivity index (χ2v) is 11.8. The number of carbonyl (C=O) groups is 3. The minimum atomic E-state index is -1.20. The molecule has 10 nitrogen and oxygen atoms in total. The molecule has 0 aliphatic rings. The Morgan fingerprint density at radius 2 is 1.53 bits per heavy atom. The first-order valence-electron chi connectivity index (χ1n) is 14.2. The van der Waals surface area contributed by atoms with Gasteiger partial charge in [-0.2, -0.15) is 0 Å². The van der Waals surface area contributed by atoms with E-state index in [1.807, 2.05) is 94.4 Å². The van der Waals surface area contributed by atoms with Crippen molar-refractivity contribution < 1.29 is 29.3 Å². The highest BCUT2D eigenvalue weighted by molar-refractivity contribution is 5.86. The fraction of sp³-hybridized carbons (Fsp3) is 0.394. The van der Waals surface area contributed by atoms with Gasteiger partial charge in [-0.15, -0.1) is 0 Å². The van der Waals surface area contributed by atoms with Crippen LogP contribution >= 0.6 is 0 Å². The number of aliphatic hydroxyl groups is 1. The number of methoxy groups -OCH3 is 1. The highest BCUT2D eigenvalue weighted by atomic mass is 16.5. The van der Waals surface area contributed by atoms with Gasteiger partial charge in [0.2, 0.25) is 5.91 Å². The average molecular weight is 591 g/mol. The van der Waals surface area contributed by atoms with E-state index in [1.165, 1.54) is 7.11 Å². The summed E-state index contributed by atoms with van der Waals surface area (Å²) in [7, 11) is 1.22. The van der Waals surface area contributed by atoms with Crippen LogP contribution in [0, 0.1) is 12.3 Å². The van der Waals surface area contributed by atoms with Gasteiger partial charge in [0.15, 0.2) is 0 Å². The van der Waals surface area contributed by atoms with Crippen molar-refractivity contribution in [2.75, 3.05) is 7.11 Å². The maximum absolute atomic E-state index is 13.6. The van der Waals surface area contributed by atoms with Gasteiger partial charge in [0, 0.05) is 17.8 Å². The molecule has 1 heterocycles. The number of ether oxygens (including phenoxy) is 1. The number of aliphatic hydroxyl groups excluding tert-OH is 1. The van der Waals surface area contributed by atoms with E-state index in [1.54, 1.807) is 6.20 Å². The summed E-state index contributed by atoms with van der Waals surface area (Å²) in [6.45, 7) is 7.40. The summed E-state index contributed by atoms with van der Waals surface area (Å²) in [6, 6.07) is 18.6. The van der Waals surface area contributed by atoms with E-state index in [-0.39, 0.29) is 12.8 Å². The zero-order chi connectivity index (χ0) is 31.6. The van der Waals surface area contributed by atoms with Crippen LogP contribution < -0.4 is 16.0 Å². The van der Waals surface area contributed by atoms with Crippen molar-refractivity contribution in [3.05, 3.63) is 89.6 Å². The number of alkyl carbamates (subject to hydrolysis) is 1. The molecule has 1 aromatic heterocycles. The lowest BCUT2D eigenvalue weighted by molar-refractivity contribution is -0.127. The third-order valence-electron chi connectivity index (χ3n) is 7.16. The lowest BCUT2D eigenvalue weighted by atomic mass is 9.85. The summed E-state index contributed by atoms with van der Waals surface area (Å²) >= 11 is 0. The summed E-state index contributed by atoms with van der Waals surface area (Å²) in [5.41, 5.74) is 3.90. The standard InChI is InChI=1S/C33H42N4O6/c1-21-11-16-26(34-20-21)24-14-12-23(13-15-24)18-27(36-30(39)29(33(2,3)4)37-32(42)43-5)28(38)19-25(35-31(40)41)17-22-9-7-6-8-10-22/h6-16,20,25,27-29,35,38H,17-19H2,1-5H3,(H,36,39)(H,37,42)(H,40,41)/t25-,27-,28-,29+/m0/s1. The molecule has 0 fully saturated rings. The summed E-state index contributed by atoms with van der Waals surface area (Å²) in [5, 5.41) is 29.0. The number of hydrogen-bond acceptors (Lipinski definition) is 6. The third-order valence-corrected chi connectivity index (χ3v) is 7.16. The molecule has 230 valence electrons. The fourth-order valence-corrected chi connectivity index (χ4v) is 4.83. The molecule has 4 atom stereocenters. The quantitative estimate of drug-likeness (QED) is 0.209. The number of carbonyl (C=O) groups excluding carboxylic acids is 2. The Morgan fingerprint density at radius 1 is 0.884 bits per heavy atom. The number of pyridine rings is 1. The van der Waals surface area contributed by atoms with Gasteiger partial charge in [0.1, 0.15) is 6.04 Å². The van der Waals surface area contributed by atoms with Gasteiger partial charge < -0.3 is 30.9 Å². The first-order valence-corrected chi connectivity index (χ1v) is 14.2. The van der Waals surface area contributed by atoms with Gasteiger partial charge in [0.05, 0.1) is 24.9 Å². The van der Waals surface area contributed by atoms with E-state index in [9.17, 15) is 24.6 Å². The Kier molecular flexibility index (Phi) is 11.7. The minimum absolute atomic E-state index is 0.0438. The van der Waals surface area contributed by atoms with Crippen molar-refractivity contribution in [1.82, 2.24) is 20.9 Å². The van der Waals surface area contributed by atoms with Crippen molar-refractivity contribution in [2.45, 2.75) is 71.2 Å². The number of aryl methyl sites for hydroxylation is 1. The monoisotopic (exact) mass is 590 g/mol. The van der Waals surface area contributed by atoms with Crippen molar-refractivity contribution in [3.8, 4) is 11.3 Å². The van der Waals surface area contributed by atoms with Gasteiger partial charge in [-0.25, -0.2) is 9.59 Å². The van der Waals surface area contributed by atoms with E-state index in [4.69, 9.17) is 4.74 Å². The van der Waals surface area contributed by atoms with Crippen molar-refractivity contribution >= 4 is 18.1 Å². The number of nitrogens with one attached hydrogen (secondary N) is 3. The number of benzene rings is 2. The molecule has 43 heavy (non-hydrogen) atoms. The Bertz CT molecular complexity index is 1340. The molecule has 10 heteroatoms. The number of rotatable bonds is 12. The second kappa shape index (κ2) is 15.2. The van der Waals surface area contributed by atoms with E-state index >= 15 is 0 Å². The van der Waals surface area contributed by atoms with E-state index in [0.717, 1.165) is 27.9 Å². The molecular formula is C33H42N4O6. The van der Waals surface area contributed by atoms with Crippen LogP contribution in [-0.2, 0) is 22.4 Å². The molecule has 0 unspecified atom stereocenters. The fourth-order valence-electron chi connectivity index (χ4n) is 4.83. The predicted octanol–water partition coefficient (Wildman–Crippen LogP) is 4.48. The van der Waals surface area contributed by atoms with Crippen LogP contribution in [0.2, 0.25) is 0 Å². The largest absolute Gasteiger partial charge is 0.465 e. The second-order valence-electron chi connectivity index (χ2n) is 11.8. The molecular weight excluding hydrogens is 548 g/mol. The van der Waals surface area contributed by atoms with Gasteiger partial charge >= 0.3 is 12.2 Å². The van der Waals surface area contributed by atoms with Crippen molar-refractivity contribution in [1.29, 1.82) is 0 Å². The molecule has 3 amide bonds. The smallest absolute Gasteiger partial charge is 0.407 e. The Labute approximate surface area is 252 Å². The zero-order valence-corrected chi connectivity index (χ0v) is 25.3.